The summed E-state index contributed by atoms with van der Waals surface area (Å²) in [6.45, 7) is 1.92. The predicted molar refractivity (Wildman–Crippen MR) is 102 cm³/mol. The van der Waals surface area contributed by atoms with Crippen LogP contribution in [-0.2, 0) is 26.2 Å². The van der Waals surface area contributed by atoms with E-state index < -0.39 is 17.2 Å². The maximum atomic E-state index is 13.7. The first-order valence-electron chi connectivity index (χ1n) is 8.78. The summed E-state index contributed by atoms with van der Waals surface area (Å²) in [5.74, 6) is -1.22. The summed E-state index contributed by atoms with van der Waals surface area (Å²) in [6.07, 6.45) is 1.59. The zero-order valence-corrected chi connectivity index (χ0v) is 15.6. The van der Waals surface area contributed by atoms with Gasteiger partial charge in [-0.2, -0.15) is 0 Å². The Kier molecular flexibility index (Phi) is 5.15. The van der Waals surface area contributed by atoms with Crippen molar-refractivity contribution in [3.05, 3.63) is 97.9 Å². The number of benzene rings is 2. The van der Waals surface area contributed by atoms with Gasteiger partial charge in [-0.25, -0.2) is 8.78 Å². The van der Waals surface area contributed by atoms with Crippen molar-refractivity contribution in [3.8, 4) is 5.75 Å². The number of ether oxygens (including phenoxy) is 1. The van der Waals surface area contributed by atoms with Crippen LogP contribution in [0.2, 0.25) is 5.02 Å². The Balaban J connectivity index is 1.51. The topological polar surface area (TPSA) is 43.3 Å². The van der Waals surface area contributed by atoms with Gasteiger partial charge in [0.2, 0.25) is 0 Å². The monoisotopic (exact) mass is 402 g/mol. The van der Waals surface area contributed by atoms with Gasteiger partial charge >= 0.3 is 0 Å². The Labute approximate surface area is 165 Å². The van der Waals surface area contributed by atoms with Crippen LogP contribution in [0.4, 0.5) is 8.78 Å². The summed E-state index contributed by atoms with van der Waals surface area (Å²) in [5.41, 5.74) is 3.29. The Hall–Kier alpha value is -2.70. The molecule has 1 N–H and O–H groups in total. The summed E-state index contributed by atoms with van der Waals surface area (Å²) >= 11 is 6.17. The fourth-order valence-electron chi connectivity index (χ4n) is 3.20. The molecule has 0 radical (unpaired) electrons. The molecule has 0 unspecified atom stereocenters. The van der Waals surface area contributed by atoms with Crippen LogP contribution < -0.4 is 15.6 Å². The van der Waals surface area contributed by atoms with E-state index in [1.165, 1.54) is 21.8 Å². The molecule has 7 heteroatoms. The highest BCUT2D eigenvalue weighted by Crippen LogP contribution is 2.23. The second kappa shape index (κ2) is 7.73. The Morgan fingerprint density at radius 1 is 1.07 bits per heavy atom. The average Bonchev–Trinajstić information content (AvgIpc) is 3.14. The van der Waals surface area contributed by atoms with Crippen molar-refractivity contribution in [2.75, 3.05) is 0 Å². The minimum atomic E-state index is -0.712. The van der Waals surface area contributed by atoms with Crippen LogP contribution >= 0.6 is 11.6 Å². The lowest BCUT2D eigenvalue weighted by atomic mass is 10.1. The molecule has 4 rings (SSSR count). The number of aromatic nitrogens is 1. The molecule has 28 heavy (non-hydrogen) atoms. The number of hydrogen-bond acceptors (Lipinski definition) is 3. The van der Waals surface area contributed by atoms with Crippen LogP contribution in [0.1, 0.15) is 22.3 Å². The highest BCUT2D eigenvalue weighted by atomic mass is 35.5. The zero-order chi connectivity index (χ0) is 19.7. The van der Waals surface area contributed by atoms with Gasteiger partial charge in [-0.15, -0.1) is 0 Å². The third-order valence-corrected chi connectivity index (χ3v) is 5.07. The summed E-state index contributed by atoms with van der Waals surface area (Å²) < 4.78 is 33.7. The molecule has 144 valence electrons. The quantitative estimate of drug-likeness (QED) is 0.701. The van der Waals surface area contributed by atoms with Gasteiger partial charge in [-0.1, -0.05) is 29.8 Å². The molecule has 4 nitrogen and oxygen atoms in total. The van der Waals surface area contributed by atoms with E-state index >= 15 is 0 Å². The van der Waals surface area contributed by atoms with Crippen LogP contribution in [0.5, 0.6) is 5.75 Å². The summed E-state index contributed by atoms with van der Waals surface area (Å²) in [7, 11) is 0. The molecule has 1 aliphatic rings. The number of halogens is 3. The number of rotatable bonds is 5. The van der Waals surface area contributed by atoms with Crippen molar-refractivity contribution in [2.45, 2.75) is 26.2 Å². The van der Waals surface area contributed by atoms with Crippen molar-refractivity contribution in [1.29, 1.82) is 0 Å². The van der Waals surface area contributed by atoms with Crippen LogP contribution in [0, 0.1) is 11.6 Å². The lowest BCUT2D eigenvalue weighted by Gasteiger charge is -2.12. The predicted octanol–water partition coefficient (Wildman–Crippen LogP) is 4.01. The van der Waals surface area contributed by atoms with E-state index in [0.717, 1.165) is 30.8 Å². The fourth-order valence-corrected chi connectivity index (χ4v) is 3.43. The van der Waals surface area contributed by atoms with Crippen molar-refractivity contribution in [1.82, 2.24) is 9.88 Å². The molecule has 2 heterocycles. The van der Waals surface area contributed by atoms with Crippen LogP contribution in [-0.4, -0.2) is 4.57 Å². The molecular weight excluding hydrogens is 386 g/mol. The van der Waals surface area contributed by atoms with E-state index in [-0.39, 0.29) is 22.9 Å². The second-order valence-electron chi connectivity index (χ2n) is 6.66. The minimum absolute atomic E-state index is 0.0761. The van der Waals surface area contributed by atoms with Gasteiger partial charge in [0.1, 0.15) is 29.0 Å². The van der Waals surface area contributed by atoms with E-state index in [0.29, 0.717) is 6.54 Å². The van der Waals surface area contributed by atoms with E-state index in [2.05, 4.69) is 17.4 Å². The van der Waals surface area contributed by atoms with Gasteiger partial charge in [0.25, 0.3) is 5.56 Å². The lowest BCUT2D eigenvalue weighted by Crippen LogP contribution is -2.21. The smallest absolute Gasteiger partial charge is 0.273 e. The van der Waals surface area contributed by atoms with E-state index in [1.54, 1.807) is 12.3 Å². The van der Waals surface area contributed by atoms with Gasteiger partial charge in [-0.3, -0.25) is 4.79 Å². The molecule has 0 atom stereocenters. The van der Waals surface area contributed by atoms with Crippen LogP contribution in [0.25, 0.3) is 0 Å². The third-order valence-electron chi connectivity index (χ3n) is 4.72. The molecule has 0 fully saturated rings. The van der Waals surface area contributed by atoms with Gasteiger partial charge in [0, 0.05) is 30.9 Å². The largest absolute Gasteiger partial charge is 0.487 e. The number of pyridine rings is 1. The van der Waals surface area contributed by atoms with Gasteiger partial charge in [-0.05, 0) is 34.9 Å². The fraction of sp³-hybridized carbons (Fsp3) is 0.190. The van der Waals surface area contributed by atoms with Crippen molar-refractivity contribution in [2.24, 2.45) is 0 Å². The molecule has 0 saturated carbocycles. The molecule has 0 bridgehead atoms. The summed E-state index contributed by atoms with van der Waals surface area (Å²) in [5, 5.41) is 3.21. The first kappa shape index (κ1) is 18.7. The standard InChI is InChI=1S/C21H17ClF2N2O2/c22-20-19(28-12-15-3-4-17(23)8-18(15)24)5-6-26(21(20)27)11-13-1-2-14-9-25-10-16(14)7-13/h1-8,25H,9-12H2. The Morgan fingerprint density at radius 2 is 1.89 bits per heavy atom. The molecule has 0 saturated heterocycles. The van der Waals surface area contributed by atoms with Crippen molar-refractivity contribution in [3.63, 3.8) is 0 Å². The highest BCUT2D eigenvalue weighted by molar-refractivity contribution is 6.31. The molecule has 1 aromatic heterocycles. The van der Waals surface area contributed by atoms with E-state index in [4.69, 9.17) is 16.3 Å². The van der Waals surface area contributed by atoms with E-state index in [9.17, 15) is 13.6 Å². The second-order valence-corrected chi connectivity index (χ2v) is 7.04. The highest BCUT2D eigenvalue weighted by Gasteiger charge is 2.13. The first-order valence-corrected chi connectivity index (χ1v) is 9.16. The van der Waals surface area contributed by atoms with Gasteiger partial charge in [0.05, 0.1) is 6.54 Å². The maximum absolute atomic E-state index is 13.7. The Morgan fingerprint density at radius 3 is 2.71 bits per heavy atom. The minimum Gasteiger partial charge on any atom is -0.487 e. The summed E-state index contributed by atoms with van der Waals surface area (Å²) in [6, 6.07) is 10.9. The number of hydrogen-bond donors (Lipinski definition) is 1. The molecule has 3 aromatic rings. The molecule has 0 amide bonds. The normalized spacial score (nSPS) is 12.8. The lowest BCUT2D eigenvalue weighted by molar-refractivity contribution is 0.298. The molecule has 1 aliphatic heterocycles. The summed E-state index contributed by atoms with van der Waals surface area (Å²) in [4.78, 5) is 12.6. The van der Waals surface area contributed by atoms with E-state index in [1.807, 2.05) is 6.07 Å². The molecule has 0 aliphatic carbocycles. The number of fused-ring (bicyclic) bond motifs is 1. The van der Waals surface area contributed by atoms with Crippen molar-refractivity contribution >= 4 is 11.6 Å². The maximum Gasteiger partial charge on any atom is 0.273 e. The van der Waals surface area contributed by atoms with Gasteiger partial charge < -0.3 is 14.6 Å². The molecular formula is C21H17ClF2N2O2. The van der Waals surface area contributed by atoms with Gasteiger partial charge in [0.15, 0.2) is 0 Å². The zero-order valence-electron chi connectivity index (χ0n) is 14.8. The number of nitrogens with zero attached hydrogens (tertiary/aromatic N) is 1. The molecule has 2 aromatic carbocycles. The van der Waals surface area contributed by atoms with Crippen LogP contribution in [0.15, 0.2) is 53.5 Å². The SMILES string of the molecule is O=c1c(Cl)c(OCc2ccc(F)cc2F)ccn1Cc1ccc2c(c1)CNC2. The first-order chi connectivity index (χ1) is 13.5. The van der Waals surface area contributed by atoms with Crippen LogP contribution in [0.3, 0.4) is 0 Å². The number of nitrogens with one attached hydrogen (secondary N) is 1. The van der Waals surface area contributed by atoms with Crippen molar-refractivity contribution < 1.29 is 13.5 Å². The Bertz CT molecular complexity index is 1100. The molecule has 0 spiro atoms. The third kappa shape index (κ3) is 3.79. The average molecular weight is 403 g/mol.